The first kappa shape index (κ1) is 59.0. The summed E-state index contributed by atoms with van der Waals surface area (Å²) in [5, 5.41) is 35.1. The number of nitro benzene ring substituents is 2. The molecule has 0 atom stereocenters. The molecule has 25 nitrogen and oxygen atoms in total. The number of nitrogens with one attached hydrogen (secondary N) is 2. The molecule has 2 aliphatic heterocycles. The van der Waals surface area contributed by atoms with E-state index in [2.05, 4.69) is 20.8 Å². The van der Waals surface area contributed by atoms with Gasteiger partial charge >= 0.3 is 71.2 Å². The maximum Gasteiger partial charge on any atom is 1.00 e. The summed E-state index contributed by atoms with van der Waals surface area (Å²) in [6, 6.07) is 17.3. The third-order valence-electron chi connectivity index (χ3n) is 6.18. The van der Waals surface area contributed by atoms with Crippen molar-refractivity contribution in [1.29, 1.82) is 0 Å². The molecule has 2 aromatic heterocycles. The molecule has 0 aliphatic carbocycles. The number of hydrazone groups is 2. The van der Waals surface area contributed by atoms with E-state index in [1.807, 2.05) is 0 Å². The normalized spacial score (nSPS) is 12.1. The predicted octanol–water partition coefficient (Wildman–Crippen LogP) is -8.28. The Morgan fingerprint density at radius 1 is 0.545 bits per heavy atom. The fourth-order valence-corrected chi connectivity index (χ4v) is 3.95. The van der Waals surface area contributed by atoms with Gasteiger partial charge in [0.25, 0.3) is 11.4 Å². The van der Waals surface area contributed by atoms with Crippen molar-refractivity contribution < 1.29 is 135 Å². The summed E-state index contributed by atoms with van der Waals surface area (Å²) >= 11 is 0. The van der Waals surface area contributed by atoms with Crippen molar-refractivity contribution in [2.75, 3.05) is 13.1 Å². The average Bonchev–Trinajstić information content (AvgIpc) is 3.83. The molecule has 0 spiro atoms. The van der Waals surface area contributed by atoms with Gasteiger partial charge in [0.2, 0.25) is 11.8 Å². The van der Waals surface area contributed by atoms with Crippen molar-refractivity contribution in [1.82, 2.24) is 20.7 Å². The molecule has 0 radical (unpaired) electrons. The second kappa shape index (κ2) is 26.5. The summed E-state index contributed by atoms with van der Waals surface area (Å²) in [6.07, 6.45) is 2.63. The molecule has 2 aromatic carbocycles. The number of nitro groups is 2. The van der Waals surface area contributed by atoms with Crippen LogP contribution in [0.5, 0.6) is 0 Å². The summed E-state index contributed by atoms with van der Waals surface area (Å²) in [5.41, 5.74) is 1.33. The molecule has 55 heavy (non-hydrogen) atoms. The van der Waals surface area contributed by atoms with Crippen molar-refractivity contribution in [3.8, 4) is 22.6 Å². The first-order valence-electron chi connectivity index (χ1n) is 13.1. The minimum absolute atomic E-state index is 0. The maximum atomic E-state index is 11.3. The van der Waals surface area contributed by atoms with Crippen LogP contribution in [-0.2, 0) is 9.59 Å². The number of nitrogens with zero attached hydrogens (tertiary/aromatic N) is 6. The first-order valence-corrected chi connectivity index (χ1v) is 13.1. The van der Waals surface area contributed by atoms with Crippen LogP contribution in [0.2, 0.25) is 0 Å². The molecule has 288 valence electrons. The van der Waals surface area contributed by atoms with Crippen molar-refractivity contribution in [3.63, 3.8) is 0 Å². The number of hydrogen-bond donors (Lipinski definition) is 2. The SMILES string of the molecule is O.O.O.O.O.O.O.O=C1CN(/N=C/c2ccc(-c3ccc([N+](=O)[O-])cc3)o2)C(=O)N1.O=C1CN(/N=C/c2ccc(-c3ccc([N+](=O)[O-])cc3)o2)C(=O)N1.[Na+].[Na+]. The zero-order valence-corrected chi connectivity index (χ0v) is 32.8. The predicted molar refractivity (Wildman–Crippen MR) is 183 cm³/mol. The Morgan fingerprint density at radius 2 is 0.855 bits per heavy atom. The van der Waals surface area contributed by atoms with E-state index < -0.39 is 33.7 Å². The summed E-state index contributed by atoms with van der Waals surface area (Å²) in [5.74, 6) is 0.930. The van der Waals surface area contributed by atoms with E-state index in [9.17, 15) is 39.4 Å². The number of hydrogen-bond acceptors (Lipinski definition) is 12. The van der Waals surface area contributed by atoms with Gasteiger partial charge in [-0.3, -0.25) is 40.5 Å². The van der Waals surface area contributed by atoms with Crippen LogP contribution in [0.15, 0.2) is 91.8 Å². The smallest absolute Gasteiger partial charge is 0.455 e. The van der Waals surface area contributed by atoms with Crippen LogP contribution in [0.25, 0.3) is 22.6 Å². The fraction of sp³-hybridized carbons (Fsp3) is 0.0714. The van der Waals surface area contributed by atoms with Crippen molar-refractivity contribution in [2.45, 2.75) is 0 Å². The van der Waals surface area contributed by atoms with Crippen LogP contribution in [0, 0.1) is 20.2 Å². The van der Waals surface area contributed by atoms with Crippen molar-refractivity contribution in [2.24, 2.45) is 10.2 Å². The molecule has 0 saturated carbocycles. The topological polar surface area (TPSA) is 457 Å². The first-order chi connectivity index (χ1) is 22.0. The average molecular weight is 801 g/mol. The van der Waals surface area contributed by atoms with Gasteiger partial charge in [0.15, 0.2) is 0 Å². The molecule has 2 aliphatic rings. The van der Waals surface area contributed by atoms with E-state index in [4.69, 9.17) is 8.83 Å². The largest absolute Gasteiger partial charge is 1.00 e. The third kappa shape index (κ3) is 15.6. The van der Waals surface area contributed by atoms with Gasteiger partial charge in [0, 0.05) is 35.4 Å². The van der Waals surface area contributed by atoms with Gasteiger partial charge in [0.1, 0.15) is 36.1 Å². The molecule has 4 heterocycles. The minimum atomic E-state index is -0.589. The summed E-state index contributed by atoms with van der Waals surface area (Å²) in [6.45, 7) is -0.267. The fourth-order valence-electron chi connectivity index (χ4n) is 3.95. The molecular formula is C28H34N8Na2O17+2. The van der Waals surface area contributed by atoms with E-state index in [1.165, 1.54) is 36.7 Å². The quantitative estimate of drug-likeness (QED) is 0.0557. The summed E-state index contributed by atoms with van der Waals surface area (Å²) in [7, 11) is 0. The number of amides is 6. The van der Waals surface area contributed by atoms with Crippen LogP contribution in [-0.4, -0.2) is 108 Å². The monoisotopic (exact) mass is 800 g/mol. The molecule has 6 amide bonds. The Morgan fingerprint density at radius 3 is 1.11 bits per heavy atom. The summed E-state index contributed by atoms with van der Waals surface area (Å²) < 4.78 is 11.1. The maximum absolute atomic E-state index is 11.3. The molecule has 16 N–H and O–H groups in total. The molecule has 2 saturated heterocycles. The van der Waals surface area contributed by atoms with E-state index in [1.54, 1.807) is 48.5 Å². The van der Waals surface area contributed by atoms with Crippen molar-refractivity contribution in [3.05, 3.63) is 105 Å². The Hall–Kier alpha value is -5.26. The third-order valence-corrected chi connectivity index (χ3v) is 6.18. The standard InChI is InChI=1S/2C14H10N4O5.2Na.7H2O/c2*19-13-8-17(14(20)16-13)15-7-11-5-6-12(23-11)9-1-3-10(4-2-9)18(21)22;;;;;;;;;/h2*1-7H,8H2,(H,16,19,20);;;7*1H2/q;;2*+1;;;;;;;/b2*15-7+;;;;;;;;;. The van der Waals surface area contributed by atoms with Gasteiger partial charge in [-0.05, 0) is 48.5 Å². The second-order valence-electron chi connectivity index (χ2n) is 9.32. The second-order valence-corrected chi connectivity index (χ2v) is 9.32. The molecule has 27 heteroatoms. The molecule has 6 rings (SSSR count). The number of imide groups is 2. The van der Waals surface area contributed by atoms with Gasteiger partial charge in [0.05, 0.1) is 22.3 Å². The van der Waals surface area contributed by atoms with Gasteiger partial charge in [-0.15, -0.1) is 0 Å². The van der Waals surface area contributed by atoms with E-state index >= 15 is 0 Å². The number of rotatable bonds is 8. The van der Waals surface area contributed by atoms with Gasteiger partial charge in [-0.25, -0.2) is 19.6 Å². The van der Waals surface area contributed by atoms with Gasteiger partial charge < -0.3 is 47.2 Å². The van der Waals surface area contributed by atoms with Crippen LogP contribution >= 0.6 is 0 Å². The van der Waals surface area contributed by atoms with E-state index in [0.29, 0.717) is 34.2 Å². The molecule has 0 unspecified atom stereocenters. The number of non-ortho nitro benzene ring substituents is 2. The zero-order chi connectivity index (χ0) is 32.8. The Bertz CT molecular complexity index is 1780. The van der Waals surface area contributed by atoms with E-state index in [0.717, 1.165) is 10.0 Å². The van der Waals surface area contributed by atoms with Gasteiger partial charge in [-0.2, -0.15) is 10.2 Å². The molecule has 2 fully saturated rings. The molecule has 4 aromatic rings. The minimum Gasteiger partial charge on any atom is -0.455 e. The number of furan rings is 2. The van der Waals surface area contributed by atoms with Crippen LogP contribution in [0.4, 0.5) is 21.0 Å². The summed E-state index contributed by atoms with van der Waals surface area (Å²) in [4.78, 5) is 64.9. The number of carbonyl (C=O) groups excluding carboxylic acids is 4. The number of benzene rings is 2. The van der Waals surface area contributed by atoms with Crippen LogP contribution in [0.1, 0.15) is 11.5 Å². The van der Waals surface area contributed by atoms with E-state index in [-0.39, 0.29) is 122 Å². The van der Waals surface area contributed by atoms with Crippen molar-refractivity contribution >= 4 is 47.7 Å². The number of carbonyl (C=O) groups is 4. The van der Waals surface area contributed by atoms with Crippen LogP contribution in [0.3, 0.4) is 0 Å². The zero-order valence-electron chi connectivity index (χ0n) is 28.8. The Kier molecular flexibility index (Phi) is 28.4. The Balaban J connectivity index is -0.000000260. The Labute approximate surface area is 352 Å². The van der Waals surface area contributed by atoms with Crippen LogP contribution < -0.4 is 69.7 Å². The van der Waals surface area contributed by atoms with Gasteiger partial charge in [-0.1, -0.05) is 0 Å². The molecular weight excluding hydrogens is 766 g/mol. The number of urea groups is 2. The molecule has 0 bridgehead atoms.